The van der Waals surface area contributed by atoms with Crippen LogP contribution >= 0.6 is 11.6 Å². The van der Waals surface area contributed by atoms with Gasteiger partial charge in [0.25, 0.3) is 11.5 Å². The van der Waals surface area contributed by atoms with Gasteiger partial charge in [-0.2, -0.15) is 5.10 Å². The molecule has 0 aliphatic heterocycles. The van der Waals surface area contributed by atoms with Crippen LogP contribution in [0.3, 0.4) is 0 Å². The number of halogens is 2. The number of benzene rings is 1. The average Bonchev–Trinajstić information content (AvgIpc) is 3.52. The minimum atomic E-state index is -0.823. The molecule has 12 heteroatoms. The van der Waals surface area contributed by atoms with Crippen molar-refractivity contribution in [3.63, 3.8) is 0 Å². The van der Waals surface area contributed by atoms with Crippen molar-refractivity contribution in [1.29, 1.82) is 0 Å². The standard InChI is InChI=1S/C23H22ClFN6O4/c1-4-31-10-13(8-26-31)18(16-7-14(25)5-6-17(16)24)12(2)21-29-19(20(32)23(34)30(21)3)22(33)28-15-9-27-35-11-15/h5-12,18,32H,4H2,1-3H3,(H,28,33)/t12-,18+/m0/s1. The quantitative estimate of drug-likeness (QED) is 0.396. The Hall–Kier alpha value is -3.99. The van der Waals surface area contributed by atoms with E-state index in [-0.39, 0.29) is 11.5 Å². The van der Waals surface area contributed by atoms with E-state index in [4.69, 9.17) is 11.6 Å². The molecule has 1 aromatic carbocycles. The van der Waals surface area contributed by atoms with Crippen molar-refractivity contribution in [2.24, 2.45) is 7.05 Å². The number of amides is 1. The van der Waals surface area contributed by atoms with Crippen LogP contribution in [-0.4, -0.2) is 35.5 Å². The molecule has 10 nitrogen and oxygen atoms in total. The molecule has 4 aromatic rings. The first-order valence-electron chi connectivity index (χ1n) is 10.7. The number of aromatic hydroxyl groups is 1. The number of aromatic nitrogens is 5. The van der Waals surface area contributed by atoms with Gasteiger partial charge >= 0.3 is 0 Å². The van der Waals surface area contributed by atoms with Gasteiger partial charge in [-0.3, -0.25) is 18.8 Å². The van der Waals surface area contributed by atoms with E-state index in [0.717, 1.165) is 4.57 Å². The summed E-state index contributed by atoms with van der Waals surface area (Å²) in [6, 6.07) is 4.03. The lowest BCUT2D eigenvalue weighted by Gasteiger charge is -2.26. The van der Waals surface area contributed by atoms with Gasteiger partial charge in [0.1, 0.15) is 23.6 Å². The summed E-state index contributed by atoms with van der Waals surface area (Å²) in [5, 5.41) is 21.0. The number of hydrogen-bond acceptors (Lipinski definition) is 7. The minimum absolute atomic E-state index is 0.179. The molecule has 3 heterocycles. The lowest BCUT2D eigenvalue weighted by molar-refractivity contribution is 0.101. The third-order valence-electron chi connectivity index (χ3n) is 5.74. The van der Waals surface area contributed by atoms with E-state index in [1.54, 1.807) is 24.0 Å². The van der Waals surface area contributed by atoms with Crippen molar-refractivity contribution in [3.05, 3.63) is 86.9 Å². The number of anilines is 1. The summed E-state index contributed by atoms with van der Waals surface area (Å²) in [7, 11) is 1.43. The second kappa shape index (κ2) is 9.71. The summed E-state index contributed by atoms with van der Waals surface area (Å²) in [5.41, 5.74) is 0.121. The van der Waals surface area contributed by atoms with Crippen molar-refractivity contribution in [1.82, 2.24) is 24.5 Å². The Morgan fingerprint density at radius 3 is 2.77 bits per heavy atom. The Labute approximate surface area is 204 Å². The van der Waals surface area contributed by atoms with Gasteiger partial charge in [-0.05, 0) is 36.2 Å². The topological polar surface area (TPSA) is 128 Å². The number of aryl methyl sites for hydroxylation is 1. The van der Waals surface area contributed by atoms with Crippen LogP contribution in [0.4, 0.5) is 10.1 Å². The predicted molar refractivity (Wildman–Crippen MR) is 125 cm³/mol. The van der Waals surface area contributed by atoms with Gasteiger partial charge in [0.15, 0.2) is 5.69 Å². The molecule has 2 N–H and O–H groups in total. The first-order valence-corrected chi connectivity index (χ1v) is 11.1. The van der Waals surface area contributed by atoms with Gasteiger partial charge < -0.3 is 14.9 Å². The Kier molecular flexibility index (Phi) is 6.70. The second-order valence-corrected chi connectivity index (χ2v) is 8.37. The zero-order valence-electron chi connectivity index (χ0n) is 19.1. The molecule has 0 radical (unpaired) electrons. The average molecular weight is 501 g/mol. The SMILES string of the molecule is CCn1cc([C@H](c2cc(F)ccc2Cl)[C@H](C)c2nc(C(=O)Nc3cnoc3)c(O)c(=O)n2C)cn1. The number of hydrogen-bond donors (Lipinski definition) is 2. The molecule has 2 atom stereocenters. The van der Waals surface area contributed by atoms with Gasteiger partial charge in [-0.15, -0.1) is 0 Å². The molecular formula is C23H22ClFN6O4. The third-order valence-corrected chi connectivity index (χ3v) is 6.09. The monoisotopic (exact) mass is 500 g/mol. The van der Waals surface area contributed by atoms with Crippen LogP contribution in [0.15, 0.2) is 52.4 Å². The highest BCUT2D eigenvalue weighted by Crippen LogP contribution is 2.40. The van der Waals surface area contributed by atoms with Crippen molar-refractivity contribution in [2.75, 3.05) is 5.32 Å². The maximum atomic E-state index is 14.3. The molecule has 182 valence electrons. The second-order valence-electron chi connectivity index (χ2n) is 7.96. The molecule has 0 bridgehead atoms. The smallest absolute Gasteiger partial charge is 0.296 e. The number of rotatable bonds is 7. The molecule has 4 rings (SSSR count). The molecule has 0 unspecified atom stereocenters. The number of carbonyl (C=O) groups is 1. The van der Waals surface area contributed by atoms with Crippen molar-refractivity contribution in [2.45, 2.75) is 32.2 Å². The largest absolute Gasteiger partial charge is 0.501 e. The fourth-order valence-corrected chi connectivity index (χ4v) is 4.22. The van der Waals surface area contributed by atoms with Crippen molar-refractivity contribution in [3.8, 4) is 5.75 Å². The van der Waals surface area contributed by atoms with Crippen molar-refractivity contribution < 1.29 is 18.8 Å². The van der Waals surface area contributed by atoms with Gasteiger partial charge in [-0.1, -0.05) is 23.7 Å². The Morgan fingerprint density at radius 2 is 2.11 bits per heavy atom. The molecule has 3 aromatic heterocycles. The summed E-state index contributed by atoms with van der Waals surface area (Å²) < 4.78 is 21.8. The van der Waals surface area contributed by atoms with Crippen LogP contribution in [0.5, 0.6) is 5.75 Å². The maximum absolute atomic E-state index is 14.3. The van der Waals surface area contributed by atoms with Crippen LogP contribution in [0.25, 0.3) is 0 Å². The van der Waals surface area contributed by atoms with Crippen LogP contribution in [0.2, 0.25) is 5.02 Å². The number of nitrogens with zero attached hydrogens (tertiary/aromatic N) is 5. The zero-order valence-corrected chi connectivity index (χ0v) is 19.8. The Balaban J connectivity index is 1.85. The number of nitrogens with one attached hydrogen (secondary N) is 1. The maximum Gasteiger partial charge on any atom is 0.296 e. The lowest BCUT2D eigenvalue weighted by atomic mass is 9.82. The van der Waals surface area contributed by atoms with Gasteiger partial charge in [0, 0.05) is 36.6 Å². The van der Waals surface area contributed by atoms with Gasteiger partial charge in [0.05, 0.1) is 12.4 Å². The fraction of sp³-hybridized carbons (Fsp3) is 0.261. The summed E-state index contributed by atoms with van der Waals surface area (Å²) in [6.45, 7) is 4.31. The lowest BCUT2D eigenvalue weighted by Crippen LogP contribution is -2.29. The molecule has 0 aliphatic carbocycles. The highest BCUT2D eigenvalue weighted by Gasteiger charge is 2.31. The minimum Gasteiger partial charge on any atom is -0.501 e. The van der Waals surface area contributed by atoms with Crippen LogP contribution in [0, 0.1) is 5.82 Å². The Morgan fingerprint density at radius 1 is 1.34 bits per heavy atom. The molecule has 0 saturated carbocycles. The van der Waals surface area contributed by atoms with Crippen molar-refractivity contribution >= 4 is 23.2 Å². The summed E-state index contributed by atoms with van der Waals surface area (Å²) in [5.74, 6) is -3.10. The highest BCUT2D eigenvalue weighted by atomic mass is 35.5. The molecule has 35 heavy (non-hydrogen) atoms. The van der Waals surface area contributed by atoms with E-state index in [0.29, 0.717) is 22.7 Å². The van der Waals surface area contributed by atoms with Crippen LogP contribution in [-0.2, 0) is 13.6 Å². The molecular weight excluding hydrogens is 479 g/mol. The number of carbonyl (C=O) groups excluding carboxylic acids is 1. The summed E-state index contributed by atoms with van der Waals surface area (Å²) >= 11 is 6.47. The third kappa shape index (κ3) is 4.67. The van der Waals surface area contributed by atoms with E-state index in [1.165, 1.54) is 37.7 Å². The molecule has 0 spiro atoms. The van der Waals surface area contributed by atoms with E-state index in [1.807, 2.05) is 6.92 Å². The van der Waals surface area contributed by atoms with E-state index < -0.39 is 40.6 Å². The predicted octanol–water partition coefficient (Wildman–Crippen LogP) is 3.67. The molecule has 0 fully saturated rings. The van der Waals surface area contributed by atoms with Gasteiger partial charge in [0.2, 0.25) is 5.75 Å². The van der Waals surface area contributed by atoms with E-state index in [9.17, 15) is 19.1 Å². The first-order chi connectivity index (χ1) is 16.7. The van der Waals surface area contributed by atoms with Crippen LogP contribution in [0.1, 0.15) is 53.1 Å². The summed E-state index contributed by atoms with van der Waals surface area (Å²) in [4.78, 5) is 30.0. The van der Waals surface area contributed by atoms with E-state index >= 15 is 0 Å². The first kappa shape index (κ1) is 24.1. The highest BCUT2D eigenvalue weighted by molar-refractivity contribution is 6.31. The van der Waals surface area contributed by atoms with Gasteiger partial charge in [-0.25, -0.2) is 9.37 Å². The summed E-state index contributed by atoms with van der Waals surface area (Å²) in [6.07, 6.45) is 5.89. The zero-order chi connectivity index (χ0) is 25.3. The van der Waals surface area contributed by atoms with Crippen LogP contribution < -0.4 is 10.9 Å². The molecule has 0 saturated heterocycles. The molecule has 0 aliphatic rings. The normalized spacial score (nSPS) is 12.9. The fourth-order valence-electron chi connectivity index (χ4n) is 3.98. The Bertz CT molecular complexity index is 1430. The molecule has 1 amide bonds. The van der Waals surface area contributed by atoms with E-state index in [2.05, 4.69) is 25.1 Å².